The zero-order valence-electron chi connectivity index (χ0n) is 15.8. The molecule has 0 N–H and O–H groups in total. The van der Waals surface area contributed by atoms with Crippen molar-refractivity contribution in [1.82, 2.24) is 0 Å². The predicted octanol–water partition coefficient (Wildman–Crippen LogP) is 7.82. The van der Waals surface area contributed by atoms with Gasteiger partial charge >= 0.3 is 0 Å². The van der Waals surface area contributed by atoms with Crippen molar-refractivity contribution < 1.29 is 0 Å². The SMILES string of the molecule is C/C(=C\Sc1cccc(C)c1)C(=Nc1ccccc1)Sc1cccc(C)c1. The maximum Gasteiger partial charge on any atom is 0.105 e. The van der Waals surface area contributed by atoms with Crippen LogP contribution >= 0.6 is 23.5 Å². The summed E-state index contributed by atoms with van der Waals surface area (Å²) in [4.78, 5) is 7.36. The Balaban J connectivity index is 1.88. The number of hydrogen-bond donors (Lipinski definition) is 0. The molecular weight excluding hydrogens is 366 g/mol. The molecule has 27 heavy (non-hydrogen) atoms. The Labute approximate surface area is 170 Å². The van der Waals surface area contributed by atoms with Gasteiger partial charge in [-0.15, -0.1) is 0 Å². The van der Waals surface area contributed by atoms with Crippen LogP contribution in [0.2, 0.25) is 0 Å². The van der Waals surface area contributed by atoms with Crippen LogP contribution in [0.15, 0.2) is 105 Å². The fourth-order valence-corrected chi connectivity index (χ4v) is 4.39. The highest BCUT2D eigenvalue weighted by Gasteiger charge is 2.07. The van der Waals surface area contributed by atoms with Gasteiger partial charge in [-0.1, -0.05) is 77.1 Å². The molecule has 0 aliphatic carbocycles. The summed E-state index contributed by atoms with van der Waals surface area (Å²) in [5, 5.41) is 3.21. The first-order valence-electron chi connectivity index (χ1n) is 8.89. The van der Waals surface area contributed by atoms with E-state index in [2.05, 4.69) is 74.7 Å². The second-order valence-corrected chi connectivity index (χ2v) is 8.41. The highest BCUT2D eigenvalue weighted by molar-refractivity contribution is 8.14. The van der Waals surface area contributed by atoms with Crippen molar-refractivity contribution in [3.63, 3.8) is 0 Å². The first-order valence-corrected chi connectivity index (χ1v) is 10.6. The molecule has 136 valence electrons. The summed E-state index contributed by atoms with van der Waals surface area (Å²) in [7, 11) is 0. The van der Waals surface area contributed by atoms with Crippen LogP contribution in [-0.4, -0.2) is 5.04 Å². The molecule has 0 radical (unpaired) electrons. The van der Waals surface area contributed by atoms with E-state index in [0.29, 0.717) is 0 Å². The second-order valence-electron chi connectivity index (χ2n) is 6.41. The Morgan fingerprint density at radius 1 is 0.778 bits per heavy atom. The fraction of sp³-hybridized carbons (Fsp3) is 0.125. The Bertz CT molecular complexity index is 959. The van der Waals surface area contributed by atoms with Gasteiger partial charge in [0, 0.05) is 9.79 Å². The van der Waals surface area contributed by atoms with Gasteiger partial charge in [-0.05, 0) is 68.2 Å². The molecule has 3 aromatic rings. The summed E-state index contributed by atoms with van der Waals surface area (Å²) < 4.78 is 0. The molecule has 0 saturated heterocycles. The van der Waals surface area contributed by atoms with Crippen molar-refractivity contribution in [3.05, 3.63) is 101 Å². The molecule has 0 fully saturated rings. The summed E-state index contributed by atoms with van der Waals surface area (Å²) in [6, 6.07) is 27.3. The lowest BCUT2D eigenvalue weighted by molar-refractivity contribution is 1.36. The first kappa shape index (κ1) is 19.5. The summed E-state index contributed by atoms with van der Waals surface area (Å²) >= 11 is 3.45. The number of rotatable bonds is 5. The van der Waals surface area contributed by atoms with Crippen LogP contribution in [0.4, 0.5) is 5.69 Å². The van der Waals surface area contributed by atoms with Crippen LogP contribution in [0.25, 0.3) is 0 Å². The zero-order chi connectivity index (χ0) is 19.1. The van der Waals surface area contributed by atoms with Gasteiger partial charge in [0.2, 0.25) is 0 Å². The van der Waals surface area contributed by atoms with Crippen molar-refractivity contribution in [1.29, 1.82) is 0 Å². The second kappa shape index (κ2) is 9.63. The number of nitrogens with zero attached hydrogens (tertiary/aromatic N) is 1. The van der Waals surface area contributed by atoms with Crippen LogP contribution < -0.4 is 0 Å². The molecule has 1 nitrogen and oxygen atoms in total. The van der Waals surface area contributed by atoms with E-state index in [4.69, 9.17) is 4.99 Å². The number of aliphatic imine (C=N–C) groups is 1. The summed E-state index contributed by atoms with van der Waals surface area (Å²) in [6.07, 6.45) is 0. The van der Waals surface area contributed by atoms with Crippen LogP contribution in [0, 0.1) is 13.8 Å². The van der Waals surface area contributed by atoms with E-state index in [1.165, 1.54) is 20.9 Å². The van der Waals surface area contributed by atoms with E-state index < -0.39 is 0 Å². The molecule has 0 saturated carbocycles. The molecule has 0 atom stereocenters. The predicted molar refractivity (Wildman–Crippen MR) is 121 cm³/mol. The van der Waals surface area contributed by atoms with Gasteiger partial charge in [-0.25, -0.2) is 4.99 Å². The molecule has 0 bridgehead atoms. The molecule has 0 aliphatic heterocycles. The van der Waals surface area contributed by atoms with Crippen molar-refractivity contribution >= 4 is 34.3 Å². The molecule has 0 aromatic heterocycles. The maximum absolute atomic E-state index is 4.91. The van der Waals surface area contributed by atoms with E-state index in [9.17, 15) is 0 Å². The van der Waals surface area contributed by atoms with Crippen LogP contribution in [0.1, 0.15) is 18.1 Å². The van der Waals surface area contributed by atoms with Crippen LogP contribution in [-0.2, 0) is 0 Å². The quantitative estimate of drug-likeness (QED) is 0.250. The maximum atomic E-state index is 4.91. The lowest BCUT2D eigenvalue weighted by atomic mass is 10.2. The largest absolute Gasteiger partial charge is 0.241 e. The van der Waals surface area contributed by atoms with E-state index in [1.54, 1.807) is 23.5 Å². The number of benzene rings is 3. The topological polar surface area (TPSA) is 12.4 Å². The number of hydrogen-bond acceptors (Lipinski definition) is 3. The molecule has 0 unspecified atom stereocenters. The van der Waals surface area contributed by atoms with Crippen molar-refractivity contribution in [2.45, 2.75) is 30.6 Å². The zero-order valence-corrected chi connectivity index (χ0v) is 17.5. The van der Waals surface area contributed by atoms with Crippen molar-refractivity contribution in [3.8, 4) is 0 Å². The van der Waals surface area contributed by atoms with Gasteiger partial charge in [-0.2, -0.15) is 0 Å². The third kappa shape index (κ3) is 6.16. The van der Waals surface area contributed by atoms with Crippen molar-refractivity contribution in [2.75, 3.05) is 0 Å². The Kier molecular flexibility index (Phi) is 6.97. The Morgan fingerprint density at radius 2 is 1.41 bits per heavy atom. The normalized spacial score (nSPS) is 12.3. The summed E-state index contributed by atoms with van der Waals surface area (Å²) in [5.74, 6) is 0. The van der Waals surface area contributed by atoms with Gasteiger partial charge in [0.1, 0.15) is 5.04 Å². The van der Waals surface area contributed by atoms with Gasteiger partial charge in [0.15, 0.2) is 0 Å². The van der Waals surface area contributed by atoms with Gasteiger partial charge in [0.25, 0.3) is 0 Å². The molecule has 0 aliphatic rings. The molecule has 0 spiro atoms. The average Bonchev–Trinajstić information content (AvgIpc) is 2.66. The van der Waals surface area contributed by atoms with E-state index in [-0.39, 0.29) is 0 Å². The number of para-hydroxylation sites is 1. The third-order valence-electron chi connectivity index (χ3n) is 3.89. The monoisotopic (exact) mass is 389 g/mol. The lowest BCUT2D eigenvalue weighted by Gasteiger charge is -2.08. The van der Waals surface area contributed by atoms with Gasteiger partial charge in [0.05, 0.1) is 5.69 Å². The fourth-order valence-electron chi connectivity index (χ4n) is 2.50. The van der Waals surface area contributed by atoms with Gasteiger partial charge in [-0.3, -0.25) is 0 Å². The minimum Gasteiger partial charge on any atom is -0.241 e. The lowest BCUT2D eigenvalue weighted by Crippen LogP contribution is -1.94. The average molecular weight is 390 g/mol. The molecule has 3 aromatic carbocycles. The van der Waals surface area contributed by atoms with Crippen molar-refractivity contribution in [2.24, 2.45) is 4.99 Å². The van der Waals surface area contributed by atoms with Crippen LogP contribution in [0.3, 0.4) is 0 Å². The summed E-state index contributed by atoms with van der Waals surface area (Å²) in [6.45, 7) is 6.37. The molecule has 3 heteroatoms. The van der Waals surface area contributed by atoms with Crippen LogP contribution in [0.5, 0.6) is 0 Å². The Morgan fingerprint density at radius 3 is 2.07 bits per heavy atom. The Hall–Kier alpha value is -2.23. The number of thioether (sulfide) groups is 2. The molecule has 0 amide bonds. The highest BCUT2D eigenvalue weighted by Crippen LogP contribution is 2.29. The van der Waals surface area contributed by atoms with E-state index >= 15 is 0 Å². The van der Waals surface area contributed by atoms with Gasteiger partial charge < -0.3 is 0 Å². The minimum absolute atomic E-state index is 0.973. The first-order chi connectivity index (χ1) is 13.1. The highest BCUT2D eigenvalue weighted by atomic mass is 32.2. The van der Waals surface area contributed by atoms with E-state index in [1.807, 2.05) is 30.3 Å². The summed E-state index contributed by atoms with van der Waals surface area (Å²) in [5.41, 5.74) is 4.67. The molecular formula is C24H23NS2. The van der Waals surface area contributed by atoms with E-state index in [0.717, 1.165) is 16.3 Å². The standard InChI is InChI=1S/C24H23NS2/c1-18-9-7-13-22(15-18)26-17-20(3)24(25-21-11-5-4-6-12-21)27-23-14-8-10-19(2)16-23/h4-17H,1-3H3/b20-17+,25-24?. The number of aryl methyl sites for hydroxylation is 2. The molecule has 3 rings (SSSR count). The minimum atomic E-state index is 0.973. The smallest absolute Gasteiger partial charge is 0.105 e. The molecule has 0 heterocycles. The third-order valence-corrected chi connectivity index (χ3v) is 5.98.